The molecule has 1 aromatic carbocycles. The van der Waals surface area contributed by atoms with Crippen LogP contribution in [0.4, 0.5) is 0 Å². The molecule has 2 aromatic rings. The third kappa shape index (κ3) is 3.65. The van der Waals surface area contributed by atoms with Crippen molar-refractivity contribution in [3.05, 3.63) is 47.0 Å². The second kappa shape index (κ2) is 7.47. The lowest BCUT2D eigenvalue weighted by Gasteiger charge is -2.29. The summed E-state index contributed by atoms with van der Waals surface area (Å²) in [6, 6.07) is 6.30. The molecule has 5 nitrogen and oxygen atoms in total. The van der Waals surface area contributed by atoms with E-state index >= 15 is 0 Å². The van der Waals surface area contributed by atoms with Crippen molar-refractivity contribution in [2.75, 3.05) is 19.8 Å². The fraction of sp³-hybridized carbons (Fsp3) is 0.545. The van der Waals surface area contributed by atoms with Gasteiger partial charge in [-0.3, -0.25) is 4.90 Å². The van der Waals surface area contributed by atoms with E-state index in [1.807, 2.05) is 6.07 Å². The van der Waals surface area contributed by atoms with Gasteiger partial charge in [-0.15, -0.1) is 0 Å². The van der Waals surface area contributed by atoms with Gasteiger partial charge in [-0.1, -0.05) is 25.3 Å². The van der Waals surface area contributed by atoms with E-state index in [9.17, 15) is 0 Å². The first kappa shape index (κ1) is 17.0. The summed E-state index contributed by atoms with van der Waals surface area (Å²) < 4.78 is 11.4. The molecule has 0 atom stereocenters. The van der Waals surface area contributed by atoms with Gasteiger partial charge in [-0.2, -0.15) is 0 Å². The molecule has 142 valence electrons. The molecule has 0 unspecified atom stereocenters. The predicted molar refractivity (Wildman–Crippen MR) is 103 cm³/mol. The maximum atomic E-state index is 5.73. The highest BCUT2D eigenvalue weighted by Gasteiger charge is 2.23. The lowest BCUT2D eigenvalue weighted by molar-refractivity contribution is 0.171. The first-order chi connectivity index (χ1) is 13.3. The monoisotopic (exact) mass is 365 g/mol. The van der Waals surface area contributed by atoms with Crippen molar-refractivity contribution in [3.8, 4) is 11.5 Å². The van der Waals surface area contributed by atoms with Gasteiger partial charge in [-0.25, -0.2) is 9.97 Å². The van der Waals surface area contributed by atoms with Gasteiger partial charge in [-0.05, 0) is 42.5 Å². The second-order valence-corrected chi connectivity index (χ2v) is 7.97. The molecule has 0 spiro atoms. The molecular weight excluding hydrogens is 338 g/mol. The summed E-state index contributed by atoms with van der Waals surface area (Å²) in [4.78, 5) is 12.2. The Bertz CT molecular complexity index is 817. The molecule has 5 heteroatoms. The molecule has 2 aliphatic heterocycles. The summed E-state index contributed by atoms with van der Waals surface area (Å²) in [5, 5.41) is 0. The molecule has 3 aliphatic rings. The molecule has 0 saturated heterocycles. The van der Waals surface area contributed by atoms with Gasteiger partial charge in [0.15, 0.2) is 11.5 Å². The lowest BCUT2D eigenvalue weighted by Crippen LogP contribution is -2.31. The van der Waals surface area contributed by atoms with Crippen LogP contribution in [0.3, 0.4) is 0 Å². The molecule has 0 bridgehead atoms. The Hall–Kier alpha value is -2.14. The topological polar surface area (TPSA) is 47.5 Å². The molecule has 0 N–H and O–H groups in total. The largest absolute Gasteiger partial charge is 0.486 e. The number of aromatic nitrogens is 2. The number of fused-ring (bicyclic) bond motifs is 2. The van der Waals surface area contributed by atoms with E-state index in [1.165, 1.54) is 48.9 Å². The SMILES string of the molecule is c1cc2c(cc1CN1CCc3cnc(C4CCCCC4)nc3C1)OCCO2. The Morgan fingerprint density at radius 2 is 1.89 bits per heavy atom. The lowest BCUT2D eigenvalue weighted by atomic mass is 9.88. The summed E-state index contributed by atoms with van der Waals surface area (Å²) in [6.07, 6.45) is 9.63. The van der Waals surface area contributed by atoms with E-state index in [0.29, 0.717) is 19.1 Å². The Morgan fingerprint density at radius 3 is 2.78 bits per heavy atom. The Kier molecular flexibility index (Phi) is 4.70. The molecule has 1 fully saturated rings. The standard InChI is InChI=1S/C22H27N3O2/c1-2-4-17(5-3-1)22-23-13-18-8-9-25(15-19(18)24-22)14-16-6-7-20-21(12-16)27-11-10-26-20/h6-7,12-13,17H,1-5,8-11,14-15H2. The van der Waals surface area contributed by atoms with Crippen molar-refractivity contribution in [1.29, 1.82) is 0 Å². The summed E-state index contributed by atoms with van der Waals surface area (Å²) in [5.41, 5.74) is 3.83. The maximum absolute atomic E-state index is 5.73. The quantitative estimate of drug-likeness (QED) is 0.827. The first-order valence-electron chi connectivity index (χ1n) is 10.3. The third-order valence-corrected chi connectivity index (χ3v) is 6.03. The molecule has 1 saturated carbocycles. The highest BCUT2D eigenvalue weighted by Crippen LogP contribution is 2.33. The molecule has 27 heavy (non-hydrogen) atoms. The van der Waals surface area contributed by atoms with Gasteiger partial charge in [0.25, 0.3) is 0 Å². The summed E-state index contributed by atoms with van der Waals surface area (Å²) in [5.74, 6) is 3.38. The minimum atomic E-state index is 0.567. The van der Waals surface area contributed by atoms with Crippen molar-refractivity contribution in [3.63, 3.8) is 0 Å². The molecule has 0 amide bonds. The van der Waals surface area contributed by atoms with E-state index in [1.54, 1.807) is 0 Å². The average molecular weight is 365 g/mol. The van der Waals surface area contributed by atoms with Crippen LogP contribution in [0.25, 0.3) is 0 Å². The number of hydrogen-bond donors (Lipinski definition) is 0. The van der Waals surface area contributed by atoms with Gasteiger partial charge in [0.1, 0.15) is 19.0 Å². The minimum absolute atomic E-state index is 0.567. The summed E-state index contributed by atoms with van der Waals surface area (Å²) in [7, 11) is 0. The number of hydrogen-bond acceptors (Lipinski definition) is 5. The first-order valence-corrected chi connectivity index (χ1v) is 10.3. The number of ether oxygens (including phenoxy) is 2. The van der Waals surface area contributed by atoms with E-state index in [4.69, 9.17) is 19.4 Å². The summed E-state index contributed by atoms with van der Waals surface area (Å²) >= 11 is 0. The number of rotatable bonds is 3. The highest BCUT2D eigenvalue weighted by molar-refractivity contribution is 5.43. The van der Waals surface area contributed by atoms with Crippen LogP contribution in [-0.4, -0.2) is 34.6 Å². The Balaban J connectivity index is 1.30. The van der Waals surface area contributed by atoms with E-state index < -0.39 is 0 Å². The summed E-state index contributed by atoms with van der Waals surface area (Å²) in [6.45, 7) is 4.14. The zero-order valence-electron chi connectivity index (χ0n) is 15.8. The molecule has 1 aliphatic carbocycles. The van der Waals surface area contributed by atoms with Crippen LogP contribution in [0.1, 0.15) is 60.7 Å². The third-order valence-electron chi connectivity index (χ3n) is 6.03. The minimum Gasteiger partial charge on any atom is -0.486 e. The normalized spacial score (nSPS) is 20.3. The van der Waals surface area contributed by atoms with E-state index in [0.717, 1.165) is 43.4 Å². The van der Waals surface area contributed by atoms with Gasteiger partial charge in [0.2, 0.25) is 0 Å². The molecule has 1 aromatic heterocycles. The maximum Gasteiger partial charge on any atom is 0.161 e. The molecule has 5 rings (SSSR count). The highest BCUT2D eigenvalue weighted by atomic mass is 16.6. The van der Waals surface area contributed by atoms with E-state index in [-0.39, 0.29) is 0 Å². The Morgan fingerprint density at radius 1 is 1.04 bits per heavy atom. The number of nitrogens with zero attached hydrogens (tertiary/aromatic N) is 3. The van der Waals surface area contributed by atoms with Gasteiger partial charge < -0.3 is 9.47 Å². The van der Waals surface area contributed by atoms with E-state index in [2.05, 4.69) is 23.2 Å². The zero-order chi connectivity index (χ0) is 18.1. The van der Waals surface area contributed by atoms with Crippen molar-refractivity contribution in [2.45, 2.75) is 57.5 Å². The zero-order valence-corrected chi connectivity index (χ0v) is 15.8. The predicted octanol–water partition coefficient (Wildman–Crippen LogP) is 3.85. The van der Waals surface area contributed by atoms with Gasteiger partial charge in [0.05, 0.1) is 5.69 Å². The van der Waals surface area contributed by atoms with Crippen molar-refractivity contribution >= 4 is 0 Å². The number of benzene rings is 1. The molecule has 3 heterocycles. The average Bonchev–Trinajstić information content (AvgIpc) is 2.74. The molecular formula is C22H27N3O2. The Labute approximate surface area is 160 Å². The van der Waals surface area contributed by atoms with Crippen LogP contribution in [0.15, 0.2) is 24.4 Å². The smallest absolute Gasteiger partial charge is 0.161 e. The van der Waals surface area contributed by atoms with Crippen LogP contribution >= 0.6 is 0 Å². The van der Waals surface area contributed by atoms with Crippen LogP contribution in [0, 0.1) is 0 Å². The van der Waals surface area contributed by atoms with Crippen molar-refractivity contribution < 1.29 is 9.47 Å². The van der Waals surface area contributed by atoms with Crippen LogP contribution in [0.5, 0.6) is 11.5 Å². The van der Waals surface area contributed by atoms with Crippen LogP contribution in [-0.2, 0) is 19.5 Å². The van der Waals surface area contributed by atoms with Crippen LogP contribution in [0.2, 0.25) is 0 Å². The van der Waals surface area contributed by atoms with Crippen LogP contribution < -0.4 is 9.47 Å². The van der Waals surface area contributed by atoms with Crippen molar-refractivity contribution in [1.82, 2.24) is 14.9 Å². The fourth-order valence-corrected chi connectivity index (χ4v) is 4.51. The molecule has 0 radical (unpaired) electrons. The van der Waals surface area contributed by atoms with Gasteiger partial charge in [0, 0.05) is 31.7 Å². The van der Waals surface area contributed by atoms with Crippen molar-refractivity contribution in [2.24, 2.45) is 0 Å². The van der Waals surface area contributed by atoms with Gasteiger partial charge >= 0.3 is 0 Å². The fourth-order valence-electron chi connectivity index (χ4n) is 4.51. The second-order valence-electron chi connectivity index (χ2n) is 7.97.